The summed E-state index contributed by atoms with van der Waals surface area (Å²) < 4.78 is 13.1. The van der Waals surface area contributed by atoms with Crippen LogP contribution in [0.5, 0.6) is 0 Å². The van der Waals surface area contributed by atoms with Crippen molar-refractivity contribution in [1.29, 1.82) is 0 Å². The van der Waals surface area contributed by atoms with Crippen LogP contribution in [0.25, 0.3) is 0 Å². The van der Waals surface area contributed by atoms with Crippen molar-refractivity contribution in [2.45, 2.75) is 6.92 Å². The first-order chi connectivity index (χ1) is 9.58. The number of nitrogens with zero attached hydrogens (tertiary/aromatic N) is 1. The second kappa shape index (κ2) is 6.47. The van der Waals surface area contributed by atoms with Gasteiger partial charge >= 0.3 is 0 Å². The van der Waals surface area contributed by atoms with Gasteiger partial charge in [-0.3, -0.25) is 9.59 Å². The standard InChI is InChI=1S/C14H18FN3O2/c1-10-2-3-11(15)8-12(10)14(20)17-9-13(19)18-6-4-16-5-7-18/h2-3,8,16H,4-7,9H2,1H3,(H,17,20). The van der Waals surface area contributed by atoms with Crippen LogP contribution in [0.2, 0.25) is 0 Å². The number of carbonyl (C=O) groups excluding carboxylic acids is 2. The molecule has 1 aromatic rings. The highest BCUT2D eigenvalue weighted by molar-refractivity contribution is 5.97. The summed E-state index contributed by atoms with van der Waals surface area (Å²) in [5, 5.41) is 5.70. The number of hydrogen-bond acceptors (Lipinski definition) is 3. The van der Waals surface area contributed by atoms with Gasteiger partial charge in [0.1, 0.15) is 5.82 Å². The molecule has 1 heterocycles. The average molecular weight is 279 g/mol. The fraction of sp³-hybridized carbons (Fsp3) is 0.429. The van der Waals surface area contributed by atoms with Crippen molar-refractivity contribution < 1.29 is 14.0 Å². The second-order valence-corrected chi connectivity index (χ2v) is 4.77. The van der Waals surface area contributed by atoms with Crippen molar-refractivity contribution in [3.05, 3.63) is 35.1 Å². The second-order valence-electron chi connectivity index (χ2n) is 4.77. The van der Waals surface area contributed by atoms with Crippen molar-refractivity contribution in [2.75, 3.05) is 32.7 Å². The zero-order valence-electron chi connectivity index (χ0n) is 11.4. The van der Waals surface area contributed by atoms with Crippen molar-refractivity contribution in [1.82, 2.24) is 15.5 Å². The van der Waals surface area contributed by atoms with Crippen LogP contribution < -0.4 is 10.6 Å². The Morgan fingerprint density at radius 3 is 2.75 bits per heavy atom. The molecule has 0 saturated carbocycles. The Labute approximate surface area is 117 Å². The Kier molecular flexibility index (Phi) is 4.68. The molecule has 0 atom stereocenters. The van der Waals surface area contributed by atoms with E-state index >= 15 is 0 Å². The van der Waals surface area contributed by atoms with Crippen LogP contribution >= 0.6 is 0 Å². The predicted octanol–water partition coefficient (Wildman–Crippen LogP) is 0.296. The maximum atomic E-state index is 13.1. The number of hydrogen-bond donors (Lipinski definition) is 2. The molecule has 0 unspecified atom stereocenters. The third-order valence-corrected chi connectivity index (χ3v) is 3.31. The molecule has 0 spiro atoms. The van der Waals surface area contributed by atoms with E-state index < -0.39 is 11.7 Å². The van der Waals surface area contributed by atoms with Gasteiger partial charge in [0.25, 0.3) is 5.91 Å². The Balaban J connectivity index is 1.91. The summed E-state index contributed by atoms with van der Waals surface area (Å²) >= 11 is 0. The number of carbonyl (C=O) groups is 2. The highest BCUT2D eigenvalue weighted by Crippen LogP contribution is 2.09. The third kappa shape index (κ3) is 3.54. The van der Waals surface area contributed by atoms with Crippen LogP contribution in [0.15, 0.2) is 18.2 Å². The summed E-state index contributed by atoms with van der Waals surface area (Å²) in [6.07, 6.45) is 0. The topological polar surface area (TPSA) is 61.4 Å². The molecule has 1 aromatic carbocycles. The quantitative estimate of drug-likeness (QED) is 0.836. The number of rotatable bonds is 3. The van der Waals surface area contributed by atoms with Crippen LogP contribution in [0, 0.1) is 12.7 Å². The van der Waals surface area contributed by atoms with Gasteiger partial charge in [0.15, 0.2) is 0 Å². The van der Waals surface area contributed by atoms with Crippen LogP contribution in [-0.4, -0.2) is 49.4 Å². The van der Waals surface area contributed by atoms with Gasteiger partial charge in [-0.15, -0.1) is 0 Å². The molecule has 0 bridgehead atoms. The summed E-state index contributed by atoms with van der Waals surface area (Å²) in [6.45, 7) is 4.49. The molecule has 2 amide bonds. The number of aryl methyl sites for hydroxylation is 1. The van der Waals surface area contributed by atoms with E-state index in [9.17, 15) is 14.0 Å². The van der Waals surface area contributed by atoms with E-state index in [1.807, 2.05) is 0 Å². The van der Waals surface area contributed by atoms with Crippen molar-refractivity contribution in [2.24, 2.45) is 0 Å². The SMILES string of the molecule is Cc1ccc(F)cc1C(=O)NCC(=O)N1CCNCC1. The minimum atomic E-state index is -0.464. The molecule has 1 saturated heterocycles. The summed E-state index contributed by atoms with van der Waals surface area (Å²) in [6, 6.07) is 4.03. The molecule has 5 nitrogen and oxygen atoms in total. The molecule has 108 valence electrons. The molecule has 1 aliphatic rings. The van der Waals surface area contributed by atoms with Crippen LogP contribution in [0.3, 0.4) is 0 Å². The molecule has 1 aliphatic heterocycles. The largest absolute Gasteiger partial charge is 0.343 e. The summed E-state index contributed by atoms with van der Waals surface area (Å²) in [5.74, 6) is -1.01. The minimum absolute atomic E-state index is 0.0607. The van der Waals surface area contributed by atoms with Gasteiger partial charge in [0, 0.05) is 31.7 Å². The third-order valence-electron chi connectivity index (χ3n) is 3.31. The highest BCUT2D eigenvalue weighted by atomic mass is 19.1. The van der Waals surface area contributed by atoms with Gasteiger partial charge in [0.05, 0.1) is 6.54 Å². The summed E-state index contributed by atoms with van der Waals surface area (Å²) in [4.78, 5) is 25.5. The van der Waals surface area contributed by atoms with E-state index in [0.717, 1.165) is 13.1 Å². The monoisotopic (exact) mass is 279 g/mol. The van der Waals surface area contributed by atoms with Crippen LogP contribution in [0.1, 0.15) is 15.9 Å². The lowest BCUT2D eigenvalue weighted by atomic mass is 10.1. The predicted molar refractivity (Wildman–Crippen MR) is 72.9 cm³/mol. The molecular formula is C14H18FN3O2. The molecular weight excluding hydrogens is 261 g/mol. The first kappa shape index (κ1) is 14.5. The van der Waals surface area contributed by atoms with Gasteiger partial charge in [-0.05, 0) is 24.6 Å². The minimum Gasteiger partial charge on any atom is -0.343 e. The Bertz CT molecular complexity index is 513. The molecule has 20 heavy (non-hydrogen) atoms. The van der Waals surface area contributed by atoms with Crippen molar-refractivity contribution in [3.8, 4) is 0 Å². The number of amides is 2. The van der Waals surface area contributed by atoms with Crippen molar-refractivity contribution in [3.63, 3.8) is 0 Å². The van der Waals surface area contributed by atoms with Crippen LogP contribution in [-0.2, 0) is 4.79 Å². The lowest BCUT2D eigenvalue weighted by molar-refractivity contribution is -0.130. The highest BCUT2D eigenvalue weighted by Gasteiger charge is 2.17. The smallest absolute Gasteiger partial charge is 0.252 e. The Morgan fingerprint density at radius 2 is 2.05 bits per heavy atom. The molecule has 0 aromatic heterocycles. The van der Waals surface area contributed by atoms with E-state index in [4.69, 9.17) is 0 Å². The first-order valence-electron chi connectivity index (χ1n) is 6.61. The zero-order chi connectivity index (χ0) is 14.5. The Hall–Kier alpha value is -1.95. The lowest BCUT2D eigenvalue weighted by Gasteiger charge is -2.27. The number of halogens is 1. The zero-order valence-corrected chi connectivity index (χ0v) is 11.4. The summed E-state index contributed by atoms with van der Waals surface area (Å²) in [5.41, 5.74) is 0.941. The molecule has 2 N–H and O–H groups in total. The summed E-state index contributed by atoms with van der Waals surface area (Å²) in [7, 11) is 0. The van der Waals surface area contributed by atoms with E-state index in [0.29, 0.717) is 18.7 Å². The van der Waals surface area contributed by atoms with E-state index in [2.05, 4.69) is 10.6 Å². The van der Waals surface area contributed by atoms with Gasteiger partial charge in [0.2, 0.25) is 5.91 Å². The molecule has 1 fully saturated rings. The fourth-order valence-corrected chi connectivity index (χ4v) is 2.12. The maximum absolute atomic E-state index is 13.1. The van der Waals surface area contributed by atoms with Gasteiger partial charge < -0.3 is 15.5 Å². The van der Waals surface area contributed by atoms with E-state index in [1.54, 1.807) is 17.9 Å². The number of nitrogens with one attached hydrogen (secondary N) is 2. The molecule has 0 aliphatic carbocycles. The van der Waals surface area contributed by atoms with E-state index in [-0.39, 0.29) is 18.0 Å². The molecule has 2 rings (SSSR count). The molecule has 0 radical (unpaired) electrons. The maximum Gasteiger partial charge on any atom is 0.252 e. The Morgan fingerprint density at radius 1 is 1.35 bits per heavy atom. The van der Waals surface area contributed by atoms with Gasteiger partial charge in [-0.25, -0.2) is 4.39 Å². The number of benzene rings is 1. The average Bonchev–Trinajstić information content (AvgIpc) is 2.47. The first-order valence-corrected chi connectivity index (χ1v) is 6.61. The fourth-order valence-electron chi connectivity index (χ4n) is 2.12. The molecule has 6 heteroatoms. The van der Waals surface area contributed by atoms with E-state index in [1.165, 1.54) is 12.1 Å². The number of piperazine rings is 1. The lowest BCUT2D eigenvalue weighted by Crippen LogP contribution is -2.49. The van der Waals surface area contributed by atoms with Gasteiger partial charge in [-0.1, -0.05) is 6.07 Å². The normalized spacial score (nSPS) is 15.0. The van der Waals surface area contributed by atoms with Gasteiger partial charge in [-0.2, -0.15) is 0 Å². The van der Waals surface area contributed by atoms with Crippen LogP contribution in [0.4, 0.5) is 4.39 Å². The van der Waals surface area contributed by atoms with Crippen molar-refractivity contribution >= 4 is 11.8 Å².